The molecule has 0 amide bonds. The smallest absolute Gasteiger partial charge is 0.0553 e. The standard InChI is InChI=1S/C16H21N3/c1-17-15(16-8-9-18-19(16)2)11-12-6-7-13-4-3-5-14(13)10-12/h6-10,15,17H,3-5,11H2,1-2H3. The molecule has 100 valence electrons. The highest BCUT2D eigenvalue weighted by Crippen LogP contribution is 2.25. The second-order valence-electron chi connectivity index (χ2n) is 5.38. The van der Waals surface area contributed by atoms with E-state index in [4.69, 9.17) is 0 Å². The van der Waals surface area contributed by atoms with Gasteiger partial charge in [-0.15, -0.1) is 0 Å². The fourth-order valence-electron chi connectivity index (χ4n) is 3.07. The third kappa shape index (κ3) is 2.43. The molecule has 1 heterocycles. The van der Waals surface area contributed by atoms with Crippen molar-refractivity contribution < 1.29 is 0 Å². The van der Waals surface area contributed by atoms with Gasteiger partial charge in [0.2, 0.25) is 0 Å². The summed E-state index contributed by atoms with van der Waals surface area (Å²) in [6.07, 6.45) is 6.70. The highest BCUT2D eigenvalue weighted by atomic mass is 15.3. The van der Waals surface area contributed by atoms with E-state index in [0.29, 0.717) is 6.04 Å². The maximum absolute atomic E-state index is 4.26. The molecule has 0 aliphatic heterocycles. The van der Waals surface area contributed by atoms with Gasteiger partial charge < -0.3 is 5.32 Å². The van der Waals surface area contributed by atoms with E-state index >= 15 is 0 Å². The van der Waals surface area contributed by atoms with E-state index in [-0.39, 0.29) is 0 Å². The quantitative estimate of drug-likeness (QED) is 0.909. The lowest BCUT2D eigenvalue weighted by Crippen LogP contribution is -2.21. The molecule has 3 nitrogen and oxygen atoms in total. The topological polar surface area (TPSA) is 29.9 Å². The van der Waals surface area contributed by atoms with Crippen LogP contribution >= 0.6 is 0 Å². The van der Waals surface area contributed by atoms with Crippen LogP contribution in [0.5, 0.6) is 0 Å². The summed E-state index contributed by atoms with van der Waals surface area (Å²) in [7, 11) is 4.02. The summed E-state index contributed by atoms with van der Waals surface area (Å²) in [5.41, 5.74) is 5.76. The third-order valence-corrected chi connectivity index (χ3v) is 4.17. The summed E-state index contributed by atoms with van der Waals surface area (Å²) in [5, 5.41) is 7.66. The predicted octanol–water partition coefficient (Wildman–Crippen LogP) is 2.41. The van der Waals surface area contributed by atoms with E-state index in [1.807, 2.05) is 25.0 Å². The second kappa shape index (κ2) is 5.17. The van der Waals surface area contributed by atoms with Crippen LogP contribution in [0.1, 0.15) is 34.8 Å². The minimum atomic E-state index is 0.326. The Labute approximate surface area is 114 Å². The molecule has 3 heteroatoms. The Morgan fingerprint density at radius 2 is 2.11 bits per heavy atom. The molecule has 1 unspecified atom stereocenters. The van der Waals surface area contributed by atoms with Crippen molar-refractivity contribution in [3.63, 3.8) is 0 Å². The van der Waals surface area contributed by atoms with Crippen LogP contribution in [0.4, 0.5) is 0 Å². The number of aromatic nitrogens is 2. The lowest BCUT2D eigenvalue weighted by atomic mass is 9.99. The highest BCUT2D eigenvalue weighted by Gasteiger charge is 2.16. The minimum absolute atomic E-state index is 0.326. The van der Waals surface area contributed by atoms with Crippen molar-refractivity contribution in [3.05, 3.63) is 52.8 Å². The van der Waals surface area contributed by atoms with Gasteiger partial charge in [-0.1, -0.05) is 18.2 Å². The normalized spacial score (nSPS) is 15.5. The lowest BCUT2D eigenvalue weighted by Gasteiger charge is -2.17. The molecule has 1 aromatic heterocycles. The molecule has 0 saturated carbocycles. The van der Waals surface area contributed by atoms with Crippen molar-refractivity contribution >= 4 is 0 Å². The fraction of sp³-hybridized carbons (Fsp3) is 0.438. The molecule has 2 aromatic rings. The van der Waals surface area contributed by atoms with Crippen LogP contribution in [0.3, 0.4) is 0 Å². The Kier molecular flexibility index (Phi) is 3.38. The Bertz CT molecular complexity index is 571. The Balaban J connectivity index is 1.81. The van der Waals surface area contributed by atoms with Gasteiger partial charge in [0.25, 0.3) is 0 Å². The van der Waals surface area contributed by atoms with Gasteiger partial charge in [0.1, 0.15) is 0 Å². The first kappa shape index (κ1) is 12.4. The predicted molar refractivity (Wildman–Crippen MR) is 77.2 cm³/mol. The van der Waals surface area contributed by atoms with Gasteiger partial charge in [-0.05, 0) is 55.5 Å². The average Bonchev–Trinajstić information content (AvgIpc) is 3.04. The van der Waals surface area contributed by atoms with E-state index in [0.717, 1.165) is 6.42 Å². The molecule has 3 rings (SSSR count). The van der Waals surface area contributed by atoms with E-state index in [1.54, 1.807) is 11.1 Å². The van der Waals surface area contributed by atoms with Gasteiger partial charge in [-0.25, -0.2) is 0 Å². The monoisotopic (exact) mass is 255 g/mol. The van der Waals surface area contributed by atoms with Crippen LogP contribution in [0.2, 0.25) is 0 Å². The van der Waals surface area contributed by atoms with Crippen molar-refractivity contribution in [2.75, 3.05) is 7.05 Å². The third-order valence-electron chi connectivity index (χ3n) is 4.17. The first-order chi connectivity index (χ1) is 9.28. The molecule has 0 spiro atoms. The van der Waals surface area contributed by atoms with Crippen LogP contribution in [0.15, 0.2) is 30.5 Å². The SMILES string of the molecule is CNC(Cc1ccc2c(c1)CCC2)c1ccnn1C. The van der Waals surface area contributed by atoms with Crippen molar-refractivity contribution in [1.29, 1.82) is 0 Å². The lowest BCUT2D eigenvalue weighted by molar-refractivity contribution is 0.537. The van der Waals surface area contributed by atoms with Crippen LogP contribution in [0.25, 0.3) is 0 Å². The van der Waals surface area contributed by atoms with Crippen LogP contribution < -0.4 is 5.32 Å². The Hall–Kier alpha value is -1.61. The number of benzene rings is 1. The zero-order valence-corrected chi connectivity index (χ0v) is 11.7. The van der Waals surface area contributed by atoms with E-state index in [1.165, 1.54) is 30.5 Å². The number of fused-ring (bicyclic) bond motifs is 1. The second-order valence-corrected chi connectivity index (χ2v) is 5.38. The molecule has 0 fully saturated rings. The molecule has 1 aliphatic carbocycles. The first-order valence-electron chi connectivity index (χ1n) is 7.04. The number of aryl methyl sites for hydroxylation is 3. The van der Waals surface area contributed by atoms with Crippen molar-refractivity contribution in [3.8, 4) is 0 Å². The van der Waals surface area contributed by atoms with Crippen molar-refractivity contribution in [2.24, 2.45) is 7.05 Å². The van der Waals surface area contributed by atoms with E-state index < -0.39 is 0 Å². The van der Waals surface area contributed by atoms with E-state index in [9.17, 15) is 0 Å². The molecule has 0 radical (unpaired) electrons. The molecule has 0 saturated heterocycles. The van der Waals surface area contributed by atoms with Gasteiger partial charge in [-0.3, -0.25) is 4.68 Å². The van der Waals surface area contributed by atoms with Crippen molar-refractivity contribution in [2.45, 2.75) is 31.7 Å². The maximum Gasteiger partial charge on any atom is 0.0553 e. The zero-order valence-electron chi connectivity index (χ0n) is 11.7. The first-order valence-corrected chi connectivity index (χ1v) is 7.04. The van der Waals surface area contributed by atoms with Crippen LogP contribution in [0, 0.1) is 0 Å². The molecule has 0 bridgehead atoms. The highest BCUT2D eigenvalue weighted by molar-refractivity contribution is 5.36. The van der Waals surface area contributed by atoms with Gasteiger partial charge in [0, 0.05) is 13.2 Å². The molecular weight excluding hydrogens is 234 g/mol. The van der Waals surface area contributed by atoms with Crippen molar-refractivity contribution in [1.82, 2.24) is 15.1 Å². The molecule has 19 heavy (non-hydrogen) atoms. The van der Waals surface area contributed by atoms with E-state index in [2.05, 4.69) is 34.7 Å². The van der Waals surface area contributed by atoms with Crippen LogP contribution in [-0.4, -0.2) is 16.8 Å². The molecule has 1 atom stereocenters. The maximum atomic E-state index is 4.26. The Morgan fingerprint density at radius 3 is 2.84 bits per heavy atom. The van der Waals surface area contributed by atoms with Crippen LogP contribution in [-0.2, 0) is 26.3 Å². The van der Waals surface area contributed by atoms with Gasteiger partial charge in [0.05, 0.1) is 11.7 Å². The summed E-state index contributed by atoms with van der Waals surface area (Å²) in [5.74, 6) is 0. The molecule has 1 aromatic carbocycles. The fourth-order valence-corrected chi connectivity index (χ4v) is 3.07. The summed E-state index contributed by atoms with van der Waals surface area (Å²) in [6.45, 7) is 0. The number of hydrogen-bond donors (Lipinski definition) is 1. The summed E-state index contributed by atoms with van der Waals surface area (Å²) in [6, 6.07) is 9.41. The summed E-state index contributed by atoms with van der Waals surface area (Å²) >= 11 is 0. The number of nitrogens with one attached hydrogen (secondary N) is 1. The molecule has 1 N–H and O–H groups in total. The number of likely N-dealkylation sites (N-methyl/N-ethyl adjacent to an activating group) is 1. The largest absolute Gasteiger partial charge is 0.311 e. The number of hydrogen-bond acceptors (Lipinski definition) is 2. The number of nitrogens with zero attached hydrogens (tertiary/aromatic N) is 2. The summed E-state index contributed by atoms with van der Waals surface area (Å²) < 4.78 is 1.95. The number of rotatable bonds is 4. The average molecular weight is 255 g/mol. The summed E-state index contributed by atoms with van der Waals surface area (Å²) in [4.78, 5) is 0. The minimum Gasteiger partial charge on any atom is -0.311 e. The Morgan fingerprint density at radius 1 is 1.26 bits per heavy atom. The molecule has 1 aliphatic rings. The zero-order chi connectivity index (χ0) is 13.2. The molecular formula is C16H21N3. The van der Waals surface area contributed by atoms with Gasteiger partial charge in [0.15, 0.2) is 0 Å². The van der Waals surface area contributed by atoms with Gasteiger partial charge >= 0.3 is 0 Å². The van der Waals surface area contributed by atoms with Gasteiger partial charge in [-0.2, -0.15) is 5.10 Å².